The second-order valence-corrected chi connectivity index (χ2v) is 6.50. The first-order valence-electron chi connectivity index (χ1n) is 7.24. The zero-order chi connectivity index (χ0) is 17.1. The van der Waals surface area contributed by atoms with Crippen molar-refractivity contribution in [3.63, 3.8) is 0 Å². The number of fused-ring (bicyclic) bond motifs is 1. The number of nitrogens with one attached hydrogen (secondary N) is 1. The van der Waals surface area contributed by atoms with Crippen molar-refractivity contribution >= 4 is 45.2 Å². The molecule has 0 spiro atoms. The van der Waals surface area contributed by atoms with Crippen molar-refractivity contribution in [2.75, 3.05) is 11.9 Å². The molecule has 2 aromatic carbocycles. The summed E-state index contributed by atoms with van der Waals surface area (Å²) in [6.07, 6.45) is 0. The standard InChI is InChI=1S/C18H14INO4/c1-11-7-18(22)24-16-9-14(5-6-15(11)16)23-10-17(21)20-13-4-2-3-12(19)8-13/h2-9H,10H2,1H3,(H,20,21). The average Bonchev–Trinajstić information content (AvgIpc) is 2.52. The normalized spacial score (nSPS) is 10.6. The molecule has 24 heavy (non-hydrogen) atoms. The summed E-state index contributed by atoms with van der Waals surface area (Å²) < 4.78 is 11.7. The molecule has 1 N–H and O–H groups in total. The van der Waals surface area contributed by atoms with Crippen LogP contribution < -0.4 is 15.7 Å². The molecular formula is C18H14INO4. The topological polar surface area (TPSA) is 68.5 Å². The van der Waals surface area contributed by atoms with E-state index in [1.165, 1.54) is 6.07 Å². The molecule has 1 amide bonds. The number of carbonyl (C=O) groups is 1. The van der Waals surface area contributed by atoms with Gasteiger partial charge >= 0.3 is 5.63 Å². The maximum atomic E-state index is 12.0. The highest BCUT2D eigenvalue weighted by Crippen LogP contribution is 2.22. The Balaban J connectivity index is 1.69. The van der Waals surface area contributed by atoms with E-state index < -0.39 is 5.63 Å². The van der Waals surface area contributed by atoms with E-state index in [-0.39, 0.29) is 12.5 Å². The minimum Gasteiger partial charge on any atom is -0.484 e. The van der Waals surface area contributed by atoms with Gasteiger partial charge in [0, 0.05) is 26.8 Å². The van der Waals surface area contributed by atoms with Gasteiger partial charge < -0.3 is 14.5 Å². The molecule has 0 fully saturated rings. The van der Waals surface area contributed by atoms with Gasteiger partial charge in [-0.2, -0.15) is 0 Å². The van der Waals surface area contributed by atoms with Gasteiger partial charge in [0.15, 0.2) is 6.61 Å². The Bertz CT molecular complexity index is 965. The van der Waals surface area contributed by atoms with Gasteiger partial charge in [-0.3, -0.25) is 4.79 Å². The SMILES string of the molecule is Cc1cc(=O)oc2cc(OCC(=O)Nc3cccc(I)c3)ccc12. The Labute approximate surface area is 151 Å². The van der Waals surface area contributed by atoms with Crippen molar-refractivity contribution < 1.29 is 13.9 Å². The molecule has 6 heteroatoms. The summed E-state index contributed by atoms with van der Waals surface area (Å²) in [5.74, 6) is 0.205. The fourth-order valence-corrected chi connectivity index (χ4v) is 2.85. The van der Waals surface area contributed by atoms with Gasteiger partial charge in [-0.1, -0.05) is 6.07 Å². The summed E-state index contributed by atoms with van der Waals surface area (Å²) in [6, 6.07) is 14.1. The summed E-state index contributed by atoms with van der Waals surface area (Å²) in [4.78, 5) is 23.4. The van der Waals surface area contributed by atoms with Crippen LogP contribution in [0.25, 0.3) is 11.0 Å². The van der Waals surface area contributed by atoms with Gasteiger partial charge in [0.1, 0.15) is 11.3 Å². The number of ether oxygens (including phenoxy) is 1. The Morgan fingerprint density at radius 2 is 2.04 bits per heavy atom. The lowest BCUT2D eigenvalue weighted by molar-refractivity contribution is -0.118. The molecule has 0 saturated carbocycles. The second kappa shape index (κ2) is 7.04. The molecule has 5 nitrogen and oxygen atoms in total. The summed E-state index contributed by atoms with van der Waals surface area (Å²) >= 11 is 2.18. The molecule has 0 saturated heterocycles. The first kappa shape index (κ1) is 16.5. The summed E-state index contributed by atoms with van der Waals surface area (Å²) in [5, 5.41) is 3.60. The quantitative estimate of drug-likeness (QED) is 0.501. The van der Waals surface area contributed by atoms with Gasteiger partial charge in [0.25, 0.3) is 5.91 Å². The number of hydrogen-bond donors (Lipinski definition) is 1. The molecule has 3 rings (SSSR count). The minimum atomic E-state index is -0.409. The molecular weight excluding hydrogens is 421 g/mol. The molecule has 0 bridgehead atoms. The van der Waals surface area contributed by atoms with Crippen LogP contribution >= 0.6 is 22.6 Å². The Morgan fingerprint density at radius 3 is 2.83 bits per heavy atom. The zero-order valence-corrected chi connectivity index (χ0v) is 15.0. The number of aryl methyl sites for hydroxylation is 1. The number of hydrogen-bond acceptors (Lipinski definition) is 4. The van der Waals surface area contributed by atoms with Gasteiger partial charge in [-0.05, 0) is 65.4 Å². The van der Waals surface area contributed by atoms with E-state index >= 15 is 0 Å². The van der Waals surface area contributed by atoms with Crippen LogP contribution in [0.15, 0.2) is 57.7 Å². The van der Waals surface area contributed by atoms with Crippen molar-refractivity contribution in [1.29, 1.82) is 0 Å². The van der Waals surface area contributed by atoms with Gasteiger partial charge in [-0.25, -0.2) is 4.79 Å². The Kier molecular flexibility index (Phi) is 4.84. The van der Waals surface area contributed by atoms with Crippen molar-refractivity contribution in [2.24, 2.45) is 0 Å². The highest BCUT2D eigenvalue weighted by atomic mass is 127. The van der Waals surface area contributed by atoms with E-state index in [4.69, 9.17) is 9.15 Å². The molecule has 0 aliphatic rings. The highest BCUT2D eigenvalue weighted by Gasteiger charge is 2.07. The molecule has 3 aromatic rings. The molecule has 0 unspecified atom stereocenters. The highest BCUT2D eigenvalue weighted by molar-refractivity contribution is 14.1. The minimum absolute atomic E-state index is 0.132. The fourth-order valence-electron chi connectivity index (χ4n) is 2.31. The van der Waals surface area contributed by atoms with Crippen molar-refractivity contribution in [3.05, 3.63) is 68.1 Å². The largest absolute Gasteiger partial charge is 0.484 e. The van der Waals surface area contributed by atoms with Crippen molar-refractivity contribution in [2.45, 2.75) is 6.92 Å². The van der Waals surface area contributed by atoms with Crippen LogP contribution in [0.4, 0.5) is 5.69 Å². The predicted octanol–water partition coefficient (Wildman–Crippen LogP) is 3.72. The zero-order valence-electron chi connectivity index (χ0n) is 12.8. The van der Waals surface area contributed by atoms with E-state index in [1.807, 2.05) is 31.2 Å². The Hall–Kier alpha value is -2.35. The van der Waals surface area contributed by atoms with Gasteiger partial charge in [-0.15, -0.1) is 0 Å². The second-order valence-electron chi connectivity index (χ2n) is 5.25. The first-order chi connectivity index (χ1) is 11.5. The third kappa shape index (κ3) is 3.94. The van der Waals surface area contributed by atoms with Crippen LogP contribution in [0.1, 0.15) is 5.56 Å². The monoisotopic (exact) mass is 435 g/mol. The number of carbonyl (C=O) groups excluding carboxylic acids is 1. The number of rotatable bonds is 4. The summed E-state index contributed by atoms with van der Waals surface area (Å²) in [6.45, 7) is 1.71. The summed E-state index contributed by atoms with van der Waals surface area (Å²) in [5.41, 5.74) is 1.59. The van der Waals surface area contributed by atoms with Crippen LogP contribution in [0.5, 0.6) is 5.75 Å². The van der Waals surface area contributed by atoms with Gasteiger partial charge in [0.2, 0.25) is 0 Å². The molecule has 0 aliphatic heterocycles. The number of halogens is 1. The Morgan fingerprint density at radius 1 is 1.21 bits per heavy atom. The molecule has 0 radical (unpaired) electrons. The molecule has 0 aliphatic carbocycles. The average molecular weight is 435 g/mol. The molecule has 122 valence electrons. The fraction of sp³-hybridized carbons (Fsp3) is 0.111. The van der Waals surface area contributed by atoms with Crippen molar-refractivity contribution in [3.8, 4) is 5.75 Å². The first-order valence-corrected chi connectivity index (χ1v) is 8.32. The molecule has 1 heterocycles. The lowest BCUT2D eigenvalue weighted by Crippen LogP contribution is -2.20. The van der Waals surface area contributed by atoms with E-state index in [0.29, 0.717) is 11.3 Å². The number of benzene rings is 2. The van der Waals surface area contributed by atoms with E-state index in [9.17, 15) is 9.59 Å². The third-order valence-electron chi connectivity index (χ3n) is 3.40. The summed E-state index contributed by atoms with van der Waals surface area (Å²) in [7, 11) is 0. The third-order valence-corrected chi connectivity index (χ3v) is 4.07. The number of amides is 1. The lowest BCUT2D eigenvalue weighted by Gasteiger charge is -2.08. The predicted molar refractivity (Wildman–Crippen MR) is 101 cm³/mol. The number of anilines is 1. The van der Waals surface area contributed by atoms with Crippen LogP contribution in [0.2, 0.25) is 0 Å². The van der Waals surface area contributed by atoms with Crippen molar-refractivity contribution in [1.82, 2.24) is 0 Å². The van der Waals surface area contributed by atoms with Crippen LogP contribution in [0, 0.1) is 10.5 Å². The van der Waals surface area contributed by atoms with E-state index in [0.717, 1.165) is 20.2 Å². The van der Waals surface area contributed by atoms with Gasteiger partial charge in [0.05, 0.1) is 0 Å². The van der Waals surface area contributed by atoms with E-state index in [1.54, 1.807) is 18.2 Å². The lowest BCUT2D eigenvalue weighted by atomic mass is 10.1. The molecule has 0 atom stereocenters. The maximum Gasteiger partial charge on any atom is 0.336 e. The van der Waals surface area contributed by atoms with E-state index in [2.05, 4.69) is 27.9 Å². The smallest absolute Gasteiger partial charge is 0.336 e. The molecule has 1 aromatic heterocycles. The van der Waals surface area contributed by atoms with Crippen LogP contribution in [0.3, 0.4) is 0 Å². The van der Waals surface area contributed by atoms with Crippen LogP contribution in [-0.2, 0) is 4.79 Å². The van der Waals surface area contributed by atoms with Crippen LogP contribution in [-0.4, -0.2) is 12.5 Å². The maximum absolute atomic E-state index is 12.0.